The van der Waals surface area contributed by atoms with Crippen LogP contribution in [0.5, 0.6) is 0 Å². The fourth-order valence-electron chi connectivity index (χ4n) is 1.53. The van der Waals surface area contributed by atoms with Crippen LogP contribution in [0.2, 0.25) is 0 Å². The van der Waals surface area contributed by atoms with E-state index in [0.717, 1.165) is 0 Å². The second-order valence-electron chi connectivity index (χ2n) is 5.78. The number of aromatic nitrogens is 4. The van der Waals surface area contributed by atoms with Crippen molar-refractivity contribution in [3.63, 3.8) is 0 Å². The molecule has 0 saturated heterocycles. The van der Waals surface area contributed by atoms with Gasteiger partial charge in [-0.15, -0.1) is 0 Å². The quantitative estimate of drug-likeness (QED) is 0.789. The van der Waals surface area contributed by atoms with E-state index in [0.29, 0.717) is 5.69 Å². The number of hydrogen-bond acceptors (Lipinski definition) is 6. The minimum absolute atomic E-state index is 0.0370. The zero-order valence-corrected chi connectivity index (χ0v) is 13.4. The Morgan fingerprint density at radius 3 is 2.78 bits per heavy atom. The number of anilines is 1. The van der Waals surface area contributed by atoms with E-state index in [-0.39, 0.29) is 29.6 Å². The van der Waals surface area contributed by atoms with Gasteiger partial charge in [-0.05, 0) is 5.92 Å². The molecule has 2 heterocycles. The molecule has 0 aliphatic carbocycles. The van der Waals surface area contributed by atoms with Gasteiger partial charge >= 0.3 is 0 Å². The van der Waals surface area contributed by atoms with Gasteiger partial charge in [0.1, 0.15) is 12.3 Å². The highest BCUT2D eigenvalue weighted by atomic mass is 16.5. The number of nitrogens with one attached hydrogen (secondary N) is 2. The number of fused-ring (bicyclic) bond motifs is 1. The van der Waals surface area contributed by atoms with Crippen LogP contribution in [0.25, 0.3) is 11.2 Å². The molecular weight excluding hydrogens is 298 g/mol. The molecule has 0 bridgehead atoms. The number of amides is 1. The maximum absolute atomic E-state index is 12.1. The molecule has 23 heavy (non-hydrogen) atoms. The van der Waals surface area contributed by atoms with Crippen LogP contribution >= 0.6 is 0 Å². The van der Waals surface area contributed by atoms with Gasteiger partial charge in [0, 0.05) is 12.5 Å². The van der Waals surface area contributed by atoms with Crippen LogP contribution in [-0.2, 0) is 9.53 Å². The van der Waals surface area contributed by atoms with Gasteiger partial charge in [-0.1, -0.05) is 26.7 Å². The predicted molar refractivity (Wildman–Crippen MR) is 84.8 cm³/mol. The summed E-state index contributed by atoms with van der Waals surface area (Å²) in [5.74, 6) is 5.23. The minimum Gasteiger partial charge on any atom is -0.372 e. The third-order valence-electron chi connectivity index (χ3n) is 2.76. The van der Waals surface area contributed by atoms with Gasteiger partial charge in [-0.3, -0.25) is 19.9 Å². The first-order valence-corrected chi connectivity index (χ1v) is 6.87. The number of aromatic amines is 1. The van der Waals surface area contributed by atoms with Crippen molar-refractivity contribution in [2.24, 2.45) is 5.41 Å². The molecule has 0 fully saturated rings. The van der Waals surface area contributed by atoms with E-state index in [1.54, 1.807) is 20.8 Å². The van der Waals surface area contributed by atoms with Gasteiger partial charge in [0.25, 0.3) is 5.56 Å². The largest absolute Gasteiger partial charge is 0.372 e. The molecule has 0 atom stereocenters. The molecule has 120 valence electrons. The number of rotatable bonds is 2. The van der Waals surface area contributed by atoms with E-state index in [4.69, 9.17) is 4.74 Å². The number of carbonyl (C=O) groups is 1. The summed E-state index contributed by atoms with van der Waals surface area (Å²) in [7, 11) is 1.53. The lowest BCUT2D eigenvalue weighted by Crippen LogP contribution is -2.29. The van der Waals surface area contributed by atoms with E-state index in [1.807, 2.05) is 0 Å². The molecule has 8 nitrogen and oxygen atoms in total. The average Bonchev–Trinajstić information content (AvgIpc) is 2.47. The highest BCUT2D eigenvalue weighted by Gasteiger charge is 2.22. The highest BCUT2D eigenvalue weighted by molar-refractivity contribution is 5.93. The average molecular weight is 315 g/mol. The van der Waals surface area contributed by atoms with Gasteiger partial charge in [-0.25, -0.2) is 9.97 Å². The lowest BCUT2D eigenvalue weighted by atomic mass is 9.96. The smallest absolute Gasteiger partial charge is 0.280 e. The predicted octanol–water partition coefficient (Wildman–Crippen LogP) is 0.696. The molecule has 0 spiro atoms. The van der Waals surface area contributed by atoms with E-state index in [1.165, 1.54) is 13.3 Å². The van der Waals surface area contributed by atoms with Crippen LogP contribution in [0.4, 0.5) is 5.95 Å². The molecule has 0 saturated carbocycles. The third kappa shape index (κ3) is 4.11. The molecule has 0 aliphatic rings. The summed E-state index contributed by atoms with van der Waals surface area (Å²) >= 11 is 0. The van der Waals surface area contributed by atoms with Crippen molar-refractivity contribution in [3.8, 4) is 11.8 Å². The molecule has 0 aromatic carbocycles. The second kappa shape index (κ2) is 6.54. The van der Waals surface area contributed by atoms with E-state index < -0.39 is 11.0 Å². The Morgan fingerprint density at radius 1 is 1.39 bits per heavy atom. The number of nitrogens with zero attached hydrogens (tertiary/aromatic N) is 3. The van der Waals surface area contributed by atoms with Gasteiger partial charge in [0.15, 0.2) is 11.2 Å². The summed E-state index contributed by atoms with van der Waals surface area (Å²) in [4.78, 5) is 38.8. The van der Waals surface area contributed by atoms with Gasteiger partial charge in [0.05, 0.1) is 6.20 Å². The maximum atomic E-state index is 12.1. The Bertz CT molecular complexity index is 855. The number of methoxy groups -OCH3 is 1. The van der Waals surface area contributed by atoms with Crippen molar-refractivity contribution in [1.82, 2.24) is 19.9 Å². The normalized spacial score (nSPS) is 11.0. The fourth-order valence-corrected chi connectivity index (χ4v) is 1.53. The molecular formula is C15H17N5O3. The van der Waals surface area contributed by atoms with Crippen molar-refractivity contribution in [3.05, 3.63) is 22.2 Å². The lowest BCUT2D eigenvalue weighted by Gasteiger charge is -2.16. The Balaban J connectivity index is 2.37. The molecule has 0 aliphatic heterocycles. The maximum Gasteiger partial charge on any atom is 0.280 e. The number of hydrogen-bond donors (Lipinski definition) is 2. The molecule has 0 unspecified atom stereocenters. The monoisotopic (exact) mass is 315 g/mol. The first kappa shape index (κ1) is 16.6. The van der Waals surface area contributed by atoms with Gasteiger partial charge in [-0.2, -0.15) is 4.98 Å². The molecule has 2 rings (SSSR count). The first-order valence-electron chi connectivity index (χ1n) is 6.87. The standard InChI is InChI=1S/C15H17N5O3/c1-15(2,3)13(22)20-14-18-11-10(12(21)19-14)17-9(8-16-11)6-5-7-23-4/h8H,7H2,1-4H3,(H2,16,18,19,20,21,22). The van der Waals surface area contributed by atoms with Crippen LogP contribution in [0, 0.1) is 17.3 Å². The molecule has 0 radical (unpaired) electrons. The summed E-state index contributed by atoms with van der Waals surface area (Å²) in [6.45, 7) is 5.52. The van der Waals surface area contributed by atoms with Crippen LogP contribution in [0.3, 0.4) is 0 Å². The fraction of sp³-hybridized carbons (Fsp3) is 0.400. The van der Waals surface area contributed by atoms with E-state index in [9.17, 15) is 9.59 Å². The van der Waals surface area contributed by atoms with Crippen molar-refractivity contribution in [2.75, 3.05) is 19.0 Å². The minimum atomic E-state index is -0.611. The van der Waals surface area contributed by atoms with Crippen LogP contribution in [0.15, 0.2) is 11.0 Å². The zero-order chi connectivity index (χ0) is 17.0. The number of H-pyrrole nitrogens is 1. The molecule has 8 heteroatoms. The second-order valence-corrected chi connectivity index (χ2v) is 5.78. The molecule has 2 N–H and O–H groups in total. The van der Waals surface area contributed by atoms with Crippen LogP contribution < -0.4 is 10.9 Å². The van der Waals surface area contributed by atoms with E-state index in [2.05, 4.69) is 37.1 Å². The lowest BCUT2D eigenvalue weighted by molar-refractivity contribution is -0.123. The molecule has 2 aromatic heterocycles. The summed E-state index contributed by atoms with van der Waals surface area (Å²) in [6, 6.07) is 0. The Hall–Kier alpha value is -2.79. The summed E-state index contributed by atoms with van der Waals surface area (Å²) in [5, 5.41) is 2.55. The van der Waals surface area contributed by atoms with Crippen molar-refractivity contribution in [2.45, 2.75) is 20.8 Å². The molecule has 1 amide bonds. The van der Waals surface area contributed by atoms with Crippen molar-refractivity contribution >= 4 is 23.0 Å². The SMILES string of the molecule is COCC#Cc1cnc2nc(NC(=O)C(C)(C)C)[nH]c(=O)c2n1. The van der Waals surface area contributed by atoms with Crippen molar-refractivity contribution in [1.29, 1.82) is 0 Å². The Kier molecular flexibility index (Phi) is 4.71. The zero-order valence-electron chi connectivity index (χ0n) is 13.4. The van der Waals surface area contributed by atoms with E-state index >= 15 is 0 Å². The highest BCUT2D eigenvalue weighted by Crippen LogP contribution is 2.15. The Labute approximate surface area is 132 Å². The summed E-state index contributed by atoms with van der Waals surface area (Å²) < 4.78 is 4.81. The van der Waals surface area contributed by atoms with Gasteiger partial charge in [0.2, 0.25) is 11.9 Å². The number of carbonyl (C=O) groups excluding carboxylic acids is 1. The Morgan fingerprint density at radius 2 is 2.13 bits per heavy atom. The third-order valence-corrected chi connectivity index (χ3v) is 2.76. The van der Waals surface area contributed by atoms with Gasteiger partial charge < -0.3 is 4.74 Å². The van der Waals surface area contributed by atoms with Crippen molar-refractivity contribution < 1.29 is 9.53 Å². The van der Waals surface area contributed by atoms with Crippen LogP contribution in [0.1, 0.15) is 26.5 Å². The topological polar surface area (TPSA) is 110 Å². The first-order chi connectivity index (χ1) is 10.8. The summed E-state index contributed by atoms with van der Waals surface area (Å²) in [6.07, 6.45) is 1.41. The molecule has 2 aromatic rings. The number of ether oxygens (including phenoxy) is 1. The summed E-state index contributed by atoms with van der Waals surface area (Å²) in [5.41, 5.74) is -0.575. The van der Waals surface area contributed by atoms with Crippen LogP contribution in [-0.4, -0.2) is 39.6 Å².